The van der Waals surface area contributed by atoms with E-state index in [0.717, 1.165) is 24.1 Å². The number of benzene rings is 1. The maximum Gasteiger partial charge on any atom is 0.294 e. The number of likely N-dealkylation sites (N-methyl/N-ethyl adjacent to an activating group) is 1. The molecule has 4 rings (SSSR count). The van der Waals surface area contributed by atoms with Gasteiger partial charge in [0, 0.05) is 11.6 Å². The van der Waals surface area contributed by atoms with Crippen LogP contribution in [-0.4, -0.2) is 32.7 Å². The molecule has 2 N–H and O–H groups in total. The molecule has 1 unspecified atom stereocenters. The van der Waals surface area contributed by atoms with Crippen molar-refractivity contribution in [1.29, 1.82) is 0 Å². The number of aromatic amines is 1. The van der Waals surface area contributed by atoms with E-state index in [2.05, 4.69) is 38.6 Å². The van der Waals surface area contributed by atoms with Gasteiger partial charge in [0.15, 0.2) is 0 Å². The highest BCUT2D eigenvalue weighted by molar-refractivity contribution is 5.64. The van der Waals surface area contributed by atoms with Gasteiger partial charge < -0.3 is 10.3 Å². The average Bonchev–Trinajstić information content (AvgIpc) is 3.10. The fraction of sp³-hybridized carbons (Fsp3) is 0.267. The third-order valence-electron chi connectivity index (χ3n) is 4.15. The Balaban J connectivity index is 1.84. The highest BCUT2D eigenvalue weighted by atomic mass is 16.1. The molecular weight excluding hydrogens is 266 g/mol. The van der Waals surface area contributed by atoms with Gasteiger partial charge >= 0.3 is 0 Å². The lowest BCUT2D eigenvalue weighted by atomic mass is 10.0. The maximum absolute atomic E-state index is 11.7. The first-order valence-electron chi connectivity index (χ1n) is 6.97. The summed E-state index contributed by atoms with van der Waals surface area (Å²) in [7, 11) is 2.00. The Morgan fingerprint density at radius 1 is 1.33 bits per heavy atom. The number of rotatable bonds is 2. The van der Waals surface area contributed by atoms with Crippen molar-refractivity contribution in [3.05, 3.63) is 52.2 Å². The van der Waals surface area contributed by atoms with Gasteiger partial charge in [0.05, 0.1) is 11.9 Å². The fourth-order valence-electron chi connectivity index (χ4n) is 3.01. The lowest BCUT2D eigenvalue weighted by Crippen LogP contribution is -2.24. The van der Waals surface area contributed by atoms with Crippen molar-refractivity contribution in [2.75, 3.05) is 7.05 Å². The predicted molar refractivity (Wildman–Crippen MR) is 79.3 cm³/mol. The molecule has 0 fully saturated rings. The maximum atomic E-state index is 11.7. The number of hydrogen-bond donors (Lipinski definition) is 2. The van der Waals surface area contributed by atoms with E-state index in [9.17, 15) is 4.79 Å². The minimum Gasteiger partial charge on any atom is -0.316 e. The monoisotopic (exact) mass is 281 g/mol. The molecule has 1 aliphatic rings. The van der Waals surface area contributed by atoms with E-state index in [1.807, 2.05) is 7.05 Å². The predicted octanol–water partition coefficient (Wildman–Crippen LogP) is 0.771. The van der Waals surface area contributed by atoms with Gasteiger partial charge in [0.25, 0.3) is 5.56 Å². The lowest BCUT2D eigenvalue weighted by molar-refractivity contribution is 0.593. The summed E-state index contributed by atoms with van der Waals surface area (Å²) < 4.78 is 1.59. The third kappa shape index (κ3) is 1.87. The molecule has 0 aliphatic heterocycles. The molecule has 0 amide bonds. The highest BCUT2D eigenvalue weighted by Crippen LogP contribution is 2.28. The van der Waals surface area contributed by atoms with Gasteiger partial charge in [-0.15, -0.1) is 0 Å². The normalized spacial score (nSPS) is 17.3. The van der Waals surface area contributed by atoms with E-state index in [1.54, 1.807) is 10.7 Å². The third-order valence-corrected chi connectivity index (χ3v) is 4.15. The van der Waals surface area contributed by atoms with Crippen molar-refractivity contribution in [3.63, 3.8) is 0 Å². The summed E-state index contributed by atoms with van der Waals surface area (Å²) >= 11 is 0. The molecule has 1 aliphatic carbocycles. The van der Waals surface area contributed by atoms with Crippen molar-refractivity contribution < 1.29 is 0 Å². The topological polar surface area (TPSA) is 75.1 Å². The zero-order chi connectivity index (χ0) is 14.4. The number of fused-ring (bicyclic) bond motifs is 2. The number of aromatic nitrogens is 4. The number of nitrogens with zero attached hydrogens (tertiary/aromatic N) is 3. The van der Waals surface area contributed by atoms with E-state index in [0.29, 0.717) is 11.7 Å². The second kappa shape index (κ2) is 4.53. The SMILES string of the molecule is CNC1Cc2ccc(-c3cnc4c(=O)[nH]cnn34)cc2C1. The molecule has 2 aromatic heterocycles. The molecule has 2 heterocycles. The van der Waals surface area contributed by atoms with Gasteiger partial charge in [0.1, 0.15) is 6.33 Å². The quantitative estimate of drug-likeness (QED) is 0.727. The summed E-state index contributed by atoms with van der Waals surface area (Å²) in [5, 5.41) is 7.52. The molecule has 1 aromatic carbocycles. The number of nitrogens with one attached hydrogen (secondary N) is 2. The lowest BCUT2D eigenvalue weighted by Gasteiger charge is -2.04. The largest absolute Gasteiger partial charge is 0.316 e. The molecule has 21 heavy (non-hydrogen) atoms. The number of imidazole rings is 1. The Morgan fingerprint density at radius 2 is 2.19 bits per heavy atom. The van der Waals surface area contributed by atoms with Crippen molar-refractivity contribution >= 4 is 5.65 Å². The summed E-state index contributed by atoms with van der Waals surface area (Å²) in [6.45, 7) is 0. The molecule has 0 spiro atoms. The Bertz CT molecular complexity index is 879. The van der Waals surface area contributed by atoms with Crippen LogP contribution in [-0.2, 0) is 12.8 Å². The summed E-state index contributed by atoms with van der Waals surface area (Å²) in [6, 6.07) is 6.93. The van der Waals surface area contributed by atoms with Crippen LogP contribution in [0, 0.1) is 0 Å². The zero-order valence-corrected chi connectivity index (χ0v) is 11.6. The van der Waals surface area contributed by atoms with Crippen LogP contribution in [0.25, 0.3) is 16.9 Å². The average molecular weight is 281 g/mol. The van der Waals surface area contributed by atoms with Gasteiger partial charge in [-0.25, -0.2) is 9.50 Å². The summed E-state index contributed by atoms with van der Waals surface area (Å²) in [4.78, 5) is 18.4. The van der Waals surface area contributed by atoms with Gasteiger partial charge in [-0.05, 0) is 37.1 Å². The van der Waals surface area contributed by atoms with Crippen molar-refractivity contribution in [2.24, 2.45) is 0 Å². The van der Waals surface area contributed by atoms with Crippen LogP contribution in [0.4, 0.5) is 0 Å². The Kier molecular flexibility index (Phi) is 2.65. The molecule has 6 nitrogen and oxygen atoms in total. The molecule has 3 aromatic rings. The molecule has 0 saturated heterocycles. The van der Waals surface area contributed by atoms with E-state index in [1.165, 1.54) is 17.5 Å². The van der Waals surface area contributed by atoms with Gasteiger partial charge in [-0.1, -0.05) is 12.1 Å². The van der Waals surface area contributed by atoms with Gasteiger partial charge in [0.2, 0.25) is 5.65 Å². The molecule has 6 heteroatoms. The van der Waals surface area contributed by atoms with Crippen LogP contribution < -0.4 is 10.9 Å². The highest BCUT2D eigenvalue weighted by Gasteiger charge is 2.21. The molecule has 106 valence electrons. The van der Waals surface area contributed by atoms with Crippen molar-refractivity contribution in [3.8, 4) is 11.3 Å². The van der Waals surface area contributed by atoms with Crippen molar-refractivity contribution in [1.82, 2.24) is 24.9 Å². The summed E-state index contributed by atoms with van der Waals surface area (Å²) in [6.07, 6.45) is 5.19. The number of hydrogen-bond acceptors (Lipinski definition) is 4. The van der Waals surface area contributed by atoms with E-state index in [-0.39, 0.29) is 5.56 Å². The van der Waals surface area contributed by atoms with Crippen LogP contribution in [0.15, 0.2) is 35.5 Å². The molecule has 0 bridgehead atoms. The van der Waals surface area contributed by atoms with Crippen LogP contribution in [0.5, 0.6) is 0 Å². The Hall–Kier alpha value is -2.47. The Labute approximate surface area is 120 Å². The first-order valence-corrected chi connectivity index (χ1v) is 6.97. The first kappa shape index (κ1) is 12.3. The van der Waals surface area contributed by atoms with E-state index in [4.69, 9.17) is 0 Å². The smallest absolute Gasteiger partial charge is 0.294 e. The van der Waals surface area contributed by atoms with E-state index < -0.39 is 0 Å². The fourth-order valence-corrected chi connectivity index (χ4v) is 3.01. The summed E-state index contributed by atoms with van der Waals surface area (Å²) in [5.41, 5.74) is 4.71. The molecule has 1 atom stereocenters. The number of H-pyrrole nitrogens is 1. The second-order valence-corrected chi connectivity index (χ2v) is 5.37. The van der Waals surface area contributed by atoms with Gasteiger partial charge in [-0.3, -0.25) is 4.79 Å². The molecular formula is C15H15N5O. The van der Waals surface area contributed by atoms with Crippen LogP contribution in [0.1, 0.15) is 11.1 Å². The van der Waals surface area contributed by atoms with Crippen molar-refractivity contribution in [2.45, 2.75) is 18.9 Å². The van der Waals surface area contributed by atoms with E-state index >= 15 is 0 Å². The zero-order valence-electron chi connectivity index (χ0n) is 11.6. The van der Waals surface area contributed by atoms with Crippen LogP contribution in [0.3, 0.4) is 0 Å². The Morgan fingerprint density at radius 3 is 3.05 bits per heavy atom. The molecule has 0 saturated carbocycles. The summed E-state index contributed by atoms with van der Waals surface area (Å²) in [5.74, 6) is 0. The molecule has 0 radical (unpaired) electrons. The van der Waals surface area contributed by atoms with Crippen LogP contribution >= 0.6 is 0 Å². The van der Waals surface area contributed by atoms with Crippen LogP contribution in [0.2, 0.25) is 0 Å². The first-order chi connectivity index (χ1) is 10.3. The standard InChI is InChI=1S/C15H15N5O/c1-16-12-5-9-2-3-10(4-11(9)6-12)13-7-17-14-15(21)18-8-19-20(13)14/h2-4,7-8,12,16H,5-6H2,1H3,(H,18,19,21). The van der Waals surface area contributed by atoms with Gasteiger partial charge in [-0.2, -0.15) is 5.10 Å². The minimum absolute atomic E-state index is 0.229. The second-order valence-electron chi connectivity index (χ2n) is 5.37. The minimum atomic E-state index is -0.229.